The van der Waals surface area contributed by atoms with E-state index in [1.807, 2.05) is 0 Å². The van der Waals surface area contributed by atoms with Gasteiger partial charge in [0.2, 0.25) is 0 Å². The number of aliphatic hydroxyl groups is 1. The fourth-order valence-corrected chi connectivity index (χ4v) is 1.23. The lowest BCUT2D eigenvalue weighted by Crippen LogP contribution is -2.21. The van der Waals surface area contributed by atoms with E-state index < -0.39 is 6.10 Å². The normalized spacial score (nSPS) is 12.7. The van der Waals surface area contributed by atoms with Gasteiger partial charge in [-0.3, -0.25) is 0 Å². The number of rotatable bonds is 5. The third-order valence-electron chi connectivity index (χ3n) is 2.04. The van der Waals surface area contributed by atoms with Gasteiger partial charge in [0, 0.05) is 6.54 Å². The Balaban J connectivity index is 2.43. The van der Waals surface area contributed by atoms with E-state index in [9.17, 15) is 5.11 Å². The number of aromatic hydroxyl groups is 1. The summed E-state index contributed by atoms with van der Waals surface area (Å²) in [6.07, 6.45) is 0.560. The van der Waals surface area contributed by atoms with Crippen molar-refractivity contribution in [3.8, 4) is 5.75 Å². The Morgan fingerprint density at radius 2 is 1.93 bits per heavy atom. The summed E-state index contributed by atoms with van der Waals surface area (Å²) in [5.41, 5.74) is 0.825. The third kappa shape index (κ3) is 3.36. The maximum absolute atomic E-state index is 9.69. The molecule has 3 N–H and O–H groups in total. The zero-order valence-electron chi connectivity index (χ0n) is 8.40. The van der Waals surface area contributed by atoms with Crippen molar-refractivity contribution in [1.29, 1.82) is 0 Å². The standard InChI is InChI=1S/C11H17NO2/c1-2-7-12-8-11(14)9-3-5-10(13)6-4-9/h3-6,11-14H,2,7-8H2,1H3. The van der Waals surface area contributed by atoms with E-state index in [0.717, 1.165) is 18.5 Å². The highest BCUT2D eigenvalue weighted by atomic mass is 16.3. The lowest BCUT2D eigenvalue weighted by atomic mass is 10.1. The highest BCUT2D eigenvalue weighted by molar-refractivity contribution is 5.27. The first-order valence-corrected chi connectivity index (χ1v) is 4.91. The summed E-state index contributed by atoms with van der Waals surface area (Å²) in [6.45, 7) is 3.55. The summed E-state index contributed by atoms with van der Waals surface area (Å²) in [7, 11) is 0. The van der Waals surface area contributed by atoms with Gasteiger partial charge in [-0.15, -0.1) is 0 Å². The minimum Gasteiger partial charge on any atom is -0.508 e. The van der Waals surface area contributed by atoms with Gasteiger partial charge in [-0.2, -0.15) is 0 Å². The first kappa shape index (κ1) is 11.0. The van der Waals surface area contributed by atoms with Crippen LogP contribution in [0.4, 0.5) is 0 Å². The summed E-state index contributed by atoms with van der Waals surface area (Å²) in [4.78, 5) is 0. The van der Waals surface area contributed by atoms with Crippen LogP contribution in [0.25, 0.3) is 0 Å². The molecule has 0 bridgehead atoms. The third-order valence-corrected chi connectivity index (χ3v) is 2.04. The molecule has 0 aliphatic carbocycles. The van der Waals surface area contributed by atoms with Crippen LogP contribution in [0.3, 0.4) is 0 Å². The van der Waals surface area contributed by atoms with E-state index >= 15 is 0 Å². The molecular formula is C11H17NO2. The van der Waals surface area contributed by atoms with Gasteiger partial charge in [0.05, 0.1) is 6.10 Å². The fraction of sp³-hybridized carbons (Fsp3) is 0.455. The van der Waals surface area contributed by atoms with Gasteiger partial charge in [0.25, 0.3) is 0 Å². The maximum atomic E-state index is 9.69. The molecule has 1 atom stereocenters. The SMILES string of the molecule is CCCNCC(O)c1ccc(O)cc1. The number of phenolic OH excluding ortho intramolecular Hbond substituents is 1. The number of nitrogens with one attached hydrogen (secondary N) is 1. The predicted octanol–water partition coefficient (Wildman–Crippen LogP) is 1.43. The Morgan fingerprint density at radius 1 is 1.29 bits per heavy atom. The molecule has 1 aromatic carbocycles. The van der Waals surface area contributed by atoms with E-state index in [2.05, 4.69) is 12.2 Å². The quantitative estimate of drug-likeness (QED) is 0.623. The number of hydrogen-bond donors (Lipinski definition) is 3. The van der Waals surface area contributed by atoms with Crippen molar-refractivity contribution in [2.45, 2.75) is 19.4 Å². The van der Waals surface area contributed by atoms with E-state index in [1.165, 1.54) is 0 Å². The molecule has 1 rings (SSSR count). The molecule has 0 saturated carbocycles. The van der Waals surface area contributed by atoms with Crippen LogP contribution < -0.4 is 5.32 Å². The molecule has 0 aromatic heterocycles. The molecule has 0 amide bonds. The molecule has 3 heteroatoms. The van der Waals surface area contributed by atoms with Crippen molar-refractivity contribution in [2.75, 3.05) is 13.1 Å². The molecular weight excluding hydrogens is 178 g/mol. The molecule has 3 nitrogen and oxygen atoms in total. The first-order valence-electron chi connectivity index (χ1n) is 4.91. The Morgan fingerprint density at radius 3 is 2.50 bits per heavy atom. The van der Waals surface area contributed by atoms with Crippen LogP contribution in [0.5, 0.6) is 5.75 Å². The van der Waals surface area contributed by atoms with Gasteiger partial charge < -0.3 is 15.5 Å². The smallest absolute Gasteiger partial charge is 0.115 e. The second kappa shape index (κ2) is 5.62. The summed E-state index contributed by atoms with van der Waals surface area (Å²) in [5.74, 6) is 0.225. The Labute approximate surface area is 84.4 Å². The highest BCUT2D eigenvalue weighted by Crippen LogP contribution is 2.15. The average molecular weight is 195 g/mol. The molecule has 0 fully saturated rings. The predicted molar refractivity (Wildman–Crippen MR) is 56.2 cm³/mol. The van der Waals surface area contributed by atoms with Crippen molar-refractivity contribution in [2.24, 2.45) is 0 Å². The molecule has 0 aliphatic rings. The Hall–Kier alpha value is -1.06. The highest BCUT2D eigenvalue weighted by Gasteiger charge is 2.05. The second-order valence-electron chi connectivity index (χ2n) is 3.31. The molecule has 14 heavy (non-hydrogen) atoms. The second-order valence-corrected chi connectivity index (χ2v) is 3.31. The molecule has 1 aromatic rings. The molecule has 1 unspecified atom stereocenters. The van der Waals surface area contributed by atoms with Gasteiger partial charge >= 0.3 is 0 Å². The van der Waals surface area contributed by atoms with Gasteiger partial charge in [0.15, 0.2) is 0 Å². The van der Waals surface area contributed by atoms with Gasteiger partial charge in [-0.25, -0.2) is 0 Å². The van der Waals surface area contributed by atoms with Crippen LogP contribution in [0.15, 0.2) is 24.3 Å². The number of hydrogen-bond acceptors (Lipinski definition) is 3. The number of phenols is 1. The monoisotopic (exact) mass is 195 g/mol. The molecule has 0 saturated heterocycles. The van der Waals surface area contributed by atoms with Crippen molar-refractivity contribution >= 4 is 0 Å². The summed E-state index contributed by atoms with van der Waals surface area (Å²) in [5, 5.41) is 21.9. The van der Waals surface area contributed by atoms with Crippen molar-refractivity contribution in [3.05, 3.63) is 29.8 Å². The maximum Gasteiger partial charge on any atom is 0.115 e. The first-order chi connectivity index (χ1) is 6.74. The van der Waals surface area contributed by atoms with Crippen molar-refractivity contribution in [1.82, 2.24) is 5.32 Å². The topological polar surface area (TPSA) is 52.5 Å². The van der Waals surface area contributed by atoms with Gasteiger partial charge in [-0.1, -0.05) is 19.1 Å². The zero-order chi connectivity index (χ0) is 10.4. The Bertz CT molecular complexity index is 258. The lowest BCUT2D eigenvalue weighted by molar-refractivity contribution is 0.175. The zero-order valence-corrected chi connectivity index (χ0v) is 8.40. The summed E-state index contributed by atoms with van der Waals surface area (Å²) >= 11 is 0. The van der Waals surface area contributed by atoms with Gasteiger partial charge in [0.1, 0.15) is 5.75 Å². The van der Waals surface area contributed by atoms with Crippen LogP contribution in [-0.2, 0) is 0 Å². The van der Waals surface area contributed by atoms with Crippen LogP contribution >= 0.6 is 0 Å². The number of benzene rings is 1. The molecule has 78 valence electrons. The minimum atomic E-state index is -0.498. The number of aliphatic hydroxyl groups excluding tert-OH is 1. The fourth-order valence-electron chi connectivity index (χ4n) is 1.23. The minimum absolute atomic E-state index is 0.225. The van der Waals surface area contributed by atoms with E-state index in [-0.39, 0.29) is 5.75 Å². The van der Waals surface area contributed by atoms with E-state index in [4.69, 9.17) is 5.11 Å². The lowest BCUT2D eigenvalue weighted by Gasteiger charge is -2.11. The summed E-state index contributed by atoms with van der Waals surface area (Å²) < 4.78 is 0. The van der Waals surface area contributed by atoms with Crippen molar-refractivity contribution < 1.29 is 10.2 Å². The van der Waals surface area contributed by atoms with Crippen LogP contribution in [-0.4, -0.2) is 23.3 Å². The van der Waals surface area contributed by atoms with E-state index in [1.54, 1.807) is 24.3 Å². The van der Waals surface area contributed by atoms with Gasteiger partial charge in [-0.05, 0) is 30.7 Å². The van der Waals surface area contributed by atoms with Crippen LogP contribution in [0, 0.1) is 0 Å². The van der Waals surface area contributed by atoms with Crippen molar-refractivity contribution in [3.63, 3.8) is 0 Å². The summed E-state index contributed by atoms with van der Waals surface area (Å²) in [6, 6.07) is 6.62. The van der Waals surface area contributed by atoms with E-state index in [0.29, 0.717) is 6.54 Å². The van der Waals surface area contributed by atoms with Crippen LogP contribution in [0.2, 0.25) is 0 Å². The average Bonchev–Trinajstić information content (AvgIpc) is 2.19. The Kier molecular flexibility index (Phi) is 4.43. The molecule has 0 heterocycles. The largest absolute Gasteiger partial charge is 0.508 e. The molecule has 0 aliphatic heterocycles. The molecule has 0 radical (unpaired) electrons. The molecule has 0 spiro atoms. The van der Waals surface area contributed by atoms with Crippen LogP contribution in [0.1, 0.15) is 25.0 Å².